The van der Waals surface area contributed by atoms with Gasteiger partial charge in [-0.05, 0) is 54.8 Å². The average Bonchev–Trinajstić information content (AvgIpc) is 3.24. The second-order valence-corrected chi connectivity index (χ2v) is 6.71. The van der Waals surface area contributed by atoms with Crippen molar-refractivity contribution < 1.29 is 9.53 Å². The number of ether oxygens (including phenoxy) is 1. The monoisotopic (exact) mass is 374 g/mol. The number of methoxy groups -OCH3 is 1. The van der Waals surface area contributed by atoms with Crippen molar-refractivity contribution in [3.63, 3.8) is 0 Å². The van der Waals surface area contributed by atoms with Crippen molar-refractivity contribution in [3.8, 4) is 5.75 Å². The number of hydrogen-bond acceptors (Lipinski definition) is 5. The van der Waals surface area contributed by atoms with Crippen molar-refractivity contribution in [1.29, 1.82) is 0 Å². The Hall–Kier alpha value is -3.41. The van der Waals surface area contributed by atoms with Crippen LogP contribution in [0.25, 0.3) is 0 Å². The topological polar surface area (TPSA) is 67.3 Å². The van der Waals surface area contributed by atoms with Crippen LogP contribution in [0.3, 0.4) is 0 Å². The molecule has 1 fully saturated rings. The maximum Gasteiger partial charge on any atom is 0.254 e. The van der Waals surface area contributed by atoms with Crippen molar-refractivity contribution in [1.82, 2.24) is 14.9 Å². The number of rotatable bonds is 5. The zero-order chi connectivity index (χ0) is 19.3. The van der Waals surface area contributed by atoms with Crippen LogP contribution in [0.4, 0.5) is 11.6 Å². The fraction of sp³-hybridized carbons (Fsp3) is 0.227. The van der Waals surface area contributed by atoms with Crippen molar-refractivity contribution >= 4 is 17.5 Å². The van der Waals surface area contributed by atoms with Gasteiger partial charge in [0.15, 0.2) is 0 Å². The van der Waals surface area contributed by atoms with E-state index in [1.165, 1.54) is 0 Å². The third kappa shape index (κ3) is 3.81. The minimum atomic E-state index is 0.0305. The third-order valence-corrected chi connectivity index (χ3v) is 4.92. The lowest BCUT2D eigenvalue weighted by Gasteiger charge is -2.25. The van der Waals surface area contributed by atoms with Crippen LogP contribution in [0.15, 0.2) is 67.0 Å². The average molecular weight is 374 g/mol. The van der Waals surface area contributed by atoms with Gasteiger partial charge in [-0.25, -0.2) is 9.97 Å². The highest BCUT2D eigenvalue weighted by Gasteiger charge is 2.30. The van der Waals surface area contributed by atoms with E-state index in [4.69, 9.17) is 4.74 Å². The number of likely N-dealkylation sites (tertiary alicyclic amines) is 1. The Morgan fingerprint density at radius 1 is 1.11 bits per heavy atom. The number of hydrogen-bond donors (Lipinski definition) is 1. The molecule has 2 aromatic carbocycles. The molecule has 0 saturated carbocycles. The van der Waals surface area contributed by atoms with Crippen molar-refractivity contribution in [2.75, 3.05) is 19.0 Å². The standard InChI is InChI=1S/C22H22N4O2/c1-28-19-9-3-6-16(15-19)20-10-4-13-26(20)21(27)17-7-2-8-18(14-17)25-22-23-11-5-12-24-22/h2-3,5-9,11-12,14-15,20H,4,10,13H2,1H3,(H,23,24,25). The minimum absolute atomic E-state index is 0.0305. The summed E-state index contributed by atoms with van der Waals surface area (Å²) in [4.78, 5) is 23.5. The Morgan fingerprint density at radius 2 is 1.93 bits per heavy atom. The van der Waals surface area contributed by atoms with Crippen LogP contribution in [0.2, 0.25) is 0 Å². The molecule has 3 aromatic rings. The van der Waals surface area contributed by atoms with Crippen LogP contribution < -0.4 is 10.1 Å². The summed E-state index contributed by atoms with van der Waals surface area (Å²) in [6.07, 6.45) is 5.29. The number of benzene rings is 2. The molecule has 1 aliphatic heterocycles. The van der Waals surface area contributed by atoms with Gasteiger partial charge >= 0.3 is 0 Å². The molecule has 2 heterocycles. The lowest BCUT2D eigenvalue weighted by molar-refractivity contribution is 0.0735. The summed E-state index contributed by atoms with van der Waals surface area (Å²) in [5.74, 6) is 1.34. The molecule has 1 atom stereocenters. The molecule has 1 saturated heterocycles. The van der Waals surface area contributed by atoms with Gasteiger partial charge in [-0.2, -0.15) is 0 Å². The van der Waals surface area contributed by atoms with Gasteiger partial charge in [-0.15, -0.1) is 0 Å². The van der Waals surface area contributed by atoms with E-state index in [1.807, 2.05) is 47.4 Å². The van der Waals surface area contributed by atoms with E-state index in [-0.39, 0.29) is 11.9 Å². The molecular formula is C22H22N4O2. The van der Waals surface area contributed by atoms with Crippen molar-refractivity contribution in [2.24, 2.45) is 0 Å². The first-order chi connectivity index (χ1) is 13.7. The zero-order valence-electron chi connectivity index (χ0n) is 15.7. The molecule has 6 heteroatoms. The maximum absolute atomic E-state index is 13.2. The summed E-state index contributed by atoms with van der Waals surface area (Å²) >= 11 is 0. The highest BCUT2D eigenvalue weighted by molar-refractivity contribution is 5.95. The number of carbonyl (C=O) groups is 1. The molecule has 1 N–H and O–H groups in total. The summed E-state index contributed by atoms with van der Waals surface area (Å²) in [5.41, 5.74) is 2.54. The summed E-state index contributed by atoms with van der Waals surface area (Å²) < 4.78 is 5.34. The van der Waals surface area contributed by atoms with E-state index in [1.54, 1.807) is 25.6 Å². The number of nitrogens with zero attached hydrogens (tertiary/aromatic N) is 3. The van der Waals surface area contributed by atoms with E-state index in [0.717, 1.165) is 36.4 Å². The van der Waals surface area contributed by atoms with E-state index >= 15 is 0 Å². The quantitative estimate of drug-likeness (QED) is 0.725. The first kappa shape index (κ1) is 18.0. The van der Waals surface area contributed by atoms with Gasteiger partial charge < -0.3 is 15.0 Å². The smallest absolute Gasteiger partial charge is 0.254 e. The molecule has 0 radical (unpaired) electrons. The van der Waals surface area contributed by atoms with Gasteiger partial charge in [0.2, 0.25) is 5.95 Å². The molecule has 142 valence electrons. The number of carbonyl (C=O) groups excluding carboxylic acids is 1. The fourth-order valence-corrected chi connectivity index (χ4v) is 3.59. The summed E-state index contributed by atoms with van der Waals surface area (Å²) in [6, 6.07) is 17.3. The SMILES string of the molecule is COc1cccc(C2CCCN2C(=O)c2cccc(Nc3ncccn3)c2)c1. The van der Waals surface area contributed by atoms with Gasteiger partial charge in [0.05, 0.1) is 13.2 Å². The molecule has 0 bridgehead atoms. The Bertz CT molecular complexity index is 962. The predicted octanol–water partition coefficient (Wildman–Crippen LogP) is 4.21. The molecule has 1 amide bonds. The molecule has 1 aromatic heterocycles. The summed E-state index contributed by atoms with van der Waals surface area (Å²) in [7, 11) is 1.66. The molecule has 0 aliphatic carbocycles. The van der Waals surface area contributed by atoms with E-state index in [9.17, 15) is 4.79 Å². The van der Waals surface area contributed by atoms with Gasteiger partial charge in [0.25, 0.3) is 5.91 Å². The van der Waals surface area contributed by atoms with E-state index < -0.39 is 0 Å². The van der Waals surface area contributed by atoms with Gasteiger partial charge in [0.1, 0.15) is 5.75 Å². The second-order valence-electron chi connectivity index (χ2n) is 6.71. The molecular weight excluding hydrogens is 352 g/mol. The minimum Gasteiger partial charge on any atom is -0.497 e. The van der Waals surface area contributed by atoms with Crippen LogP contribution in [0, 0.1) is 0 Å². The number of aromatic nitrogens is 2. The van der Waals surface area contributed by atoms with Crippen LogP contribution in [-0.4, -0.2) is 34.4 Å². The Labute approximate surface area is 164 Å². The Kier molecular flexibility index (Phi) is 5.19. The van der Waals surface area contributed by atoms with E-state index in [0.29, 0.717) is 11.5 Å². The first-order valence-electron chi connectivity index (χ1n) is 9.33. The van der Waals surface area contributed by atoms with Gasteiger partial charge in [-0.3, -0.25) is 4.79 Å². The molecule has 1 unspecified atom stereocenters. The Morgan fingerprint density at radius 3 is 2.75 bits per heavy atom. The highest BCUT2D eigenvalue weighted by atomic mass is 16.5. The number of nitrogens with one attached hydrogen (secondary N) is 1. The molecule has 6 nitrogen and oxygen atoms in total. The normalized spacial score (nSPS) is 16.0. The van der Waals surface area contributed by atoms with Crippen LogP contribution in [0.1, 0.15) is 34.8 Å². The lowest BCUT2D eigenvalue weighted by Crippen LogP contribution is -2.30. The third-order valence-electron chi connectivity index (χ3n) is 4.92. The fourth-order valence-electron chi connectivity index (χ4n) is 3.59. The van der Waals surface area contributed by atoms with Crippen LogP contribution >= 0.6 is 0 Å². The van der Waals surface area contributed by atoms with Gasteiger partial charge in [0, 0.05) is 30.2 Å². The molecule has 1 aliphatic rings. The summed E-state index contributed by atoms with van der Waals surface area (Å²) in [6.45, 7) is 0.750. The molecule has 28 heavy (non-hydrogen) atoms. The van der Waals surface area contributed by atoms with E-state index in [2.05, 4.69) is 21.4 Å². The zero-order valence-corrected chi connectivity index (χ0v) is 15.7. The van der Waals surface area contributed by atoms with Crippen molar-refractivity contribution in [2.45, 2.75) is 18.9 Å². The first-order valence-corrected chi connectivity index (χ1v) is 9.33. The summed E-state index contributed by atoms with van der Waals surface area (Å²) in [5, 5.41) is 3.14. The van der Waals surface area contributed by atoms with Crippen LogP contribution in [-0.2, 0) is 0 Å². The largest absolute Gasteiger partial charge is 0.497 e. The Balaban J connectivity index is 1.55. The number of anilines is 2. The predicted molar refractivity (Wildman–Crippen MR) is 108 cm³/mol. The van der Waals surface area contributed by atoms with Crippen molar-refractivity contribution in [3.05, 3.63) is 78.1 Å². The van der Waals surface area contributed by atoms with Gasteiger partial charge in [-0.1, -0.05) is 18.2 Å². The lowest BCUT2D eigenvalue weighted by atomic mass is 10.0. The maximum atomic E-state index is 13.2. The second kappa shape index (κ2) is 8.08. The number of amides is 1. The highest BCUT2D eigenvalue weighted by Crippen LogP contribution is 2.34. The van der Waals surface area contributed by atoms with Crippen LogP contribution in [0.5, 0.6) is 5.75 Å². The molecule has 0 spiro atoms. The molecule has 4 rings (SSSR count).